The summed E-state index contributed by atoms with van der Waals surface area (Å²) in [5.41, 5.74) is 1.71. The smallest absolute Gasteiger partial charge is 0.166 e. The summed E-state index contributed by atoms with van der Waals surface area (Å²) in [5, 5.41) is 4.86. The third-order valence-electron chi connectivity index (χ3n) is 5.31. The molecule has 1 aliphatic rings. The Labute approximate surface area is 165 Å². The Kier molecular flexibility index (Phi) is 5.34. The number of hydrogen-bond donors (Lipinski definition) is 0. The summed E-state index contributed by atoms with van der Waals surface area (Å²) in [7, 11) is 3.85. The summed E-state index contributed by atoms with van der Waals surface area (Å²) in [6, 6.07) is 7.85. The van der Waals surface area contributed by atoms with E-state index in [9.17, 15) is 0 Å². The molecule has 0 bridgehead atoms. The standard InChI is InChI=1S/C21H26N6O/c1-15-22-13-17(14-23-15)21-24-20(12-16-8-10-26(2)11-9-16)25-27(21)18-6-4-5-7-19(18)28-3/h4-7,13-14,16H,8-12H2,1-3H3. The first-order valence-electron chi connectivity index (χ1n) is 9.71. The van der Waals surface area contributed by atoms with Crippen molar-refractivity contribution in [1.29, 1.82) is 0 Å². The quantitative estimate of drug-likeness (QED) is 0.680. The number of benzene rings is 1. The highest BCUT2D eigenvalue weighted by atomic mass is 16.5. The molecule has 7 heteroatoms. The monoisotopic (exact) mass is 378 g/mol. The van der Waals surface area contributed by atoms with E-state index in [4.69, 9.17) is 14.8 Å². The van der Waals surface area contributed by atoms with Gasteiger partial charge in [0.2, 0.25) is 0 Å². The Morgan fingerprint density at radius 3 is 2.54 bits per heavy atom. The number of piperidine rings is 1. The molecule has 0 amide bonds. The van der Waals surface area contributed by atoms with Crippen molar-refractivity contribution in [2.75, 3.05) is 27.2 Å². The van der Waals surface area contributed by atoms with Gasteiger partial charge < -0.3 is 9.64 Å². The second-order valence-electron chi connectivity index (χ2n) is 7.41. The number of methoxy groups -OCH3 is 1. The Morgan fingerprint density at radius 2 is 1.82 bits per heavy atom. The lowest BCUT2D eigenvalue weighted by Gasteiger charge is -2.28. The van der Waals surface area contributed by atoms with Crippen LogP contribution >= 0.6 is 0 Å². The van der Waals surface area contributed by atoms with Gasteiger partial charge in [0.05, 0.1) is 12.7 Å². The number of likely N-dealkylation sites (tertiary alicyclic amines) is 1. The minimum absolute atomic E-state index is 0.617. The van der Waals surface area contributed by atoms with E-state index in [0.29, 0.717) is 5.92 Å². The molecule has 3 aromatic rings. The average molecular weight is 378 g/mol. The first-order chi connectivity index (χ1) is 13.6. The molecule has 0 atom stereocenters. The molecule has 28 heavy (non-hydrogen) atoms. The van der Waals surface area contributed by atoms with Crippen molar-refractivity contribution < 1.29 is 4.74 Å². The predicted molar refractivity (Wildman–Crippen MR) is 108 cm³/mol. The van der Waals surface area contributed by atoms with E-state index in [1.165, 1.54) is 12.8 Å². The van der Waals surface area contributed by atoms with Crippen LogP contribution in [0.4, 0.5) is 0 Å². The summed E-state index contributed by atoms with van der Waals surface area (Å²) in [4.78, 5) is 15.9. The van der Waals surface area contributed by atoms with E-state index >= 15 is 0 Å². The maximum Gasteiger partial charge on any atom is 0.166 e. The minimum Gasteiger partial charge on any atom is -0.494 e. The second kappa shape index (κ2) is 8.06. The zero-order chi connectivity index (χ0) is 19.5. The van der Waals surface area contributed by atoms with Gasteiger partial charge in [-0.2, -0.15) is 5.10 Å². The van der Waals surface area contributed by atoms with Gasteiger partial charge >= 0.3 is 0 Å². The molecule has 0 aliphatic carbocycles. The number of rotatable bonds is 5. The van der Waals surface area contributed by atoms with Gasteiger partial charge in [-0.05, 0) is 58.0 Å². The number of para-hydroxylation sites is 2. The summed E-state index contributed by atoms with van der Waals surface area (Å²) in [6.45, 7) is 4.15. The van der Waals surface area contributed by atoms with Gasteiger partial charge in [-0.3, -0.25) is 0 Å². The van der Waals surface area contributed by atoms with Crippen molar-refractivity contribution in [3.63, 3.8) is 0 Å². The van der Waals surface area contributed by atoms with Crippen LogP contribution in [0.2, 0.25) is 0 Å². The van der Waals surface area contributed by atoms with Crippen LogP contribution in [0.1, 0.15) is 24.5 Å². The maximum atomic E-state index is 5.56. The lowest BCUT2D eigenvalue weighted by atomic mass is 9.94. The summed E-state index contributed by atoms with van der Waals surface area (Å²) in [6.07, 6.45) is 6.86. The van der Waals surface area contributed by atoms with Crippen LogP contribution in [0.15, 0.2) is 36.7 Å². The number of hydrogen-bond acceptors (Lipinski definition) is 6. The van der Waals surface area contributed by atoms with Gasteiger partial charge in [0.25, 0.3) is 0 Å². The molecule has 4 rings (SSSR count). The fourth-order valence-electron chi connectivity index (χ4n) is 3.63. The zero-order valence-corrected chi connectivity index (χ0v) is 16.7. The van der Waals surface area contributed by atoms with Crippen molar-refractivity contribution in [2.45, 2.75) is 26.2 Å². The van der Waals surface area contributed by atoms with Crippen molar-refractivity contribution in [3.8, 4) is 22.8 Å². The highest BCUT2D eigenvalue weighted by molar-refractivity contribution is 5.58. The van der Waals surface area contributed by atoms with E-state index in [1.807, 2.05) is 35.9 Å². The molecule has 146 valence electrons. The van der Waals surface area contributed by atoms with Crippen LogP contribution in [0, 0.1) is 12.8 Å². The maximum absolute atomic E-state index is 5.56. The molecule has 0 unspecified atom stereocenters. The van der Waals surface area contributed by atoms with E-state index in [2.05, 4.69) is 21.9 Å². The molecule has 1 aromatic carbocycles. The molecule has 3 heterocycles. The average Bonchev–Trinajstić information content (AvgIpc) is 3.14. The predicted octanol–water partition coefficient (Wildman–Crippen LogP) is 2.93. The first kappa shape index (κ1) is 18.6. The Hall–Kier alpha value is -2.80. The molecule has 0 radical (unpaired) electrons. The minimum atomic E-state index is 0.617. The fourth-order valence-corrected chi connectivity index (χ4v) is 3.63. The number of nitrogens with zero attached hydrogens (tertiary/aromatic N) is 6. The van der Waals surface area contributed by atoms with Crippen LogP contribution in [0.5, 0.6) is 5.75 Å². The molecule has 7 nitrogen and oxygen atoms in total. The van der Waals surface area contributed by atoms with Crippen molar-refractivity contribution >= 4 is 0 Å². The molecule has 1 fully saturated rings. The van der Waals surface area contributed by atoms with Crippen molar-refractivity contribution in [3.05, 3.63) is 48.3 Å². The lowest BCUT2D eigenvalue weighted by molar-refractivity contribution is 0.217. The molecule has 1 saturated heterocycles. The van der Waals surface area contributed by atoms with Crippen LogP contribution < -0.4 is 4.74 Å². The highest BCUT2D eigenvalue weighted by Gasteiger charge is 2.22. The van der Waals surface area contributed by atoms with E-state index < -0.39 is 0 Å². The number of aromatic nitrogens is 5. The van der Waals surface area contributed by atoms with Crippen LogP contribution in [0.3, 0.4) is 0 Å². The van der Waals surface area contributed by atoms with Crippen molar-refractivity contribution in [1.82, 2.24) is 29.6 Å². The normalized spacial score (nSPS) is 15.7. The van der Waals surface area contributed by atoms with E-state index in [0.717, 1.165) is 54.0 Å². The van der Waals surface area contributed by atoms with Gasteiger partial charge in [0, 0.05) is 18.8 Å². The van der Waals surface area contributed by atoms with Gasteiger partial charge in [-0.15, -0.1) is 0 Å². The number of aryl methyl sites for hydroxylation is 1. The van der Waals surface area contributed by atoms with Gasteiger partial charge in [0.1, 0.15) is 17.3 Å². The summed E-state index contributed by atoms with van der Waals surface area (Å²) >= 11 is 0. The Morgan fingerprint density at radius 1 is 1.11 bits per heavy atom. The summed E-state index contributed by atoms with van der Waals surface area (Å²) < 4.78 is 7.41. The topological polar surface area (TPSA) is 69.0 Å². The van der Waals surface area contributed by atoms with Crippen LogP contribution in [0.25, 0.3) is 17.1 Å². The first-order valence-corrected chi connectivity index (χ1v) is 9.71. The molecular formula is C21H26N6O. The van der Waals surface area contributed by atoms with Crippen LogP contribution in [-0.4, -0.2) is 56.9 Å². The van der Waals surface area contributed by atoms with E-state index in [-0.39, 0.29) is 0 Å². The molecule has 0 saturated carbocycles. The third kappa shape index (κ3) is 3.89. The SMILES string of the molecule is COc1ccccc1-n1nc(CC2CCN(C)CC2)nc1-c1cnc(C)nc1. The molecule has 2 aromatic heterocycles. The zero-order valence-electron chi connectivity index (χ0n) is 16.7. The molecule has 1 aliphatic heterocycles. The molecule has 0 N–H and O–H groups in total. The third-order valence-corrected chi connectivity index (χ3v) is 5.31. The van der Waals surface area contributed by atoms with Crippen molar-refractivity contribution in [2.24, 2.45) is 5.92 Å². The van der Waals surface area contributed by atoms with Crippen LogP contribution in [-0.2, 0) is 6.42 Å². The highest BCUT2D eigenvalue weighted by Crippen LogP contribution is 2.28. The number of ether oxygens (including phenoxy) is 1. The molecule has 0 spiro atoms. The largest absolute Gasteiger partial charge is 0.494 e. The Balaban J connectivity index is 1.72. The molecular weight excluding hydrogens is 352 g/mol. The fraction of sp³-hybridized carbons (Fsp3) is 0.429. The Bertz CT molecular complexity index is 928. The lowest BCUT2D eigenvalue weighted by Crippen LogP contribution is -2.31. The van der Waals surface area contributed by atoms with Gasteiger partial charge in [-0.1, -0.05) is 12.1 Å². The second-order valence-corrected chi connectivity index (χ2v) is 7.41. The van der Waals surface area contributed by atoms with Gasteiger partial charge in [0.15, 0.2) is 11.6 Å². The summed E-state index contributed by atoms with van der Waals surface area (Å²) in [5.74, 6) is 3.71. The van der Waals surface area contributed by atoms with E-state index in [1.54, 1.807) is 19.5 Å². The van der Waals surface area contributed by atoms with Gasteiger partial charge in [-0.25, -0.2) is 19.6 Å².